The van der Waals surface area contributed by atoms with E-state index in [1.807, 2.05) is 23.9 Å². The first-order valence-electron chi connectivity index (χ1n) is 5.35. The normalized spacial score (nSPS) is 27.3. The molecule has 1 aromatic carbocycles. The molecule has 15 heavy (non-hydrogen) atoms. The maximum absolute atomic E-state index is 13.6. The molecule has 1 saturated heterocycles. The van der Waals surface area contributed by atoms with E-state index in [-0.39, 0.29) is 11.9 Å². The molecule has 1 N–H and O–H groups in total. The SMILES string of the molecule is CC1CCSCC(c2ccccc2F)N1. The standard InChI is InChI=1S/C12H16FNS/c1-9-6-7-15-8-12(14-9)10-4-2-3-5-11(10)13/h2-5,9,12,14H,6-8H2,1H3. The molecule has 0 aromatic heterocycles. The van der Waals surface area contributed by atoms with Crippen LogP contribution in [-0.4, -0.2) is 17.5 Å². The smallest absolute Gasteiger partial charge is 0.128 e. The predicted octanol–water partition coefficient (Wildman–Crippen LogP) is 2.98. The molecule has 0 amide bonds. The van der Waals surface area contributed by atoms with Crippen LogP contribution < -0.4 is 5.32 Å². The van der Waals surface area contributed by atoms with Crippen LogP contribution in [0.3, 0.4) is 0 Å². The van der Waals surface area contributed by atoms with Gasteiger partial charge in [0.05, 0.1) is 0 Å². The van der Waals surface area contributed by atoms with Crippen LogP contribution in [0.15, 0.2) is 24.3 Å². The Balaban J connectivity index is 2.18. The number of benzene rings is 1. The molecule has 2 atom stereocenters. The molecule has 0 bridgehead atoms. The third-order valence-corrected chi connectivity index (χ3v) is 3.84. The number of thioether (sulfide) groups is 1. The van der Waals surface area contributed by atoms with E-state index in [0.717, 1.165) is 17.7 Å². The Hall–Kier alpha value is -0.540. The second kappa shape index (κ2) is 4.99. The lowest BCUT2D eigenvalue weighted by atomic mass is 10.1. The highest BCUT2D eigenvalue weighted by molar-refractivity contribution is 7.99. The van der Waals surface area contributed by atoms with Gasteiger partial charge in [0.15, 0.2) is 0 Å². The lowest BCUT2D eigenvalue weighted by Gasteiger charge is -2.20. The number of nitrogens with one attached hydrogen (secondary N) is 1. The summed E-state index contributed by atoms with van der Waals surface area (Å²) in [6, 6.07) is 7.70. The van der Waals surface area contributed by atoms with Crippen LogP contribution in [0.1, 0.15) is 24.9 Å². The minimum absolute atomic E-state index is 0.0929. The highest BCUT2D eigenvalue weighted by Gasteiger charge is 2.20. The average Bonchev–Trinajstić information content (AvgIpc) is 2.43. The zero-order chi connectivity index (χ0) is 10.7. The molecule has 82 valence electrons. The van der Waals surface area contributed by atoms with Crippen LogP contribution in [0.4, 0.5) is 4.39 Å². The molecule has 0 aliphatic carbocycles. The van der Waals surface area contributed by atoms with Crippen molar-refractivity contribution in [3.05, 3.63) is 35.6 Å². The lowest BCUT2D eigenvalue weighted by molar-refractivity contribution is 0.468. The fourth-order valence-corrected chi connectivity index (χ4v) is 3.07. The Morgan fingerprint density at radius 2 is 2.20 bits per heavy atom. The van der Waals surface area contributed by atoms with Crippen LogP contribution in [0.2, 0.25) is 0 Å². The molecule has 1 fully saturated rings. The van der Waals surface area contributed by atoms with Crippen molar-refractivity contribution in [2.45, 2.75) is 25.4 Å². The maximum atomic E-state index is 13.6. The van der Waals surface area contributed by atoms with Crippen molar-refractivity contribution in [2.24, 2.45) is 0 Å². The monoisotopic (exact) mass is 225 g/mol. The van der Waals surface area contributed by atoms with Crippen molar-refractivity contribution in [2.75, 3.05) is 11.5 Å². The highest BCUT2D eigenvalue weighted by Crippen LogP contribution is 2.25. The molecule has 1 heterocycles. The minimum Gasteiger partial charge on any atom is -0.307 e. The Bertz CT molecular complexity index is 329. The fraction of sp³-hybridized carbons (Fsp3) is 0.500. The quantitative estimate of drug-likeness (QED) is 0.788. The van der Waals surface area contributed by atoms with E-state index < -0.39 is 0 Å². The van der Waals surface area contributed by atoms with Crippen LogP contribution in [0.5, 0.6) is 0 Å². The van der Waals surface area contributed by atoms with E-state index in [9.17, 15) is 4.39 Å². The summed E-state index contributed by atoms with van der Waals surface area (Å²) in [6.45, 7) is 2.17. The van der Waals surface area contributed by atoms with Gasteiger partial charge in [0.1, 0.15) is 5.82 Å². The molecule has 0 spiro atoms. The third-order valence-electron chi connectivity index (χ3n) is 2.75. The predicted molar refractivity (Wildman–Crippen MR) is 63.7 cm³/mol. The number of halogens is 1. The van der Waals surface area contributed by atoms with Crippen LogP contribution in [-0.2, 0) is 0 Å². The van der Waals surface area contributed by atoms with Crippen molar-refractivity contribution >= 4 is 11.8 Å². The summed E-state index contributed by atoms with van der Waals surface area (Å²) in [7, 11) is 0. The summed E-state index contributed by atoms with van der Waals surface area (Å²) in [5.74, 6) is 2.04. The molecule has 0 radical (unpaired) electrons. The van der Waals surface area contributed by atoms with Crippen LogP contribution in [0.25, 0.3) is 0 Å². The van der Waals surface area contributed by atoms with E-state index in [1.54, 1.807) is 6.07 Å². The second-order valence-corrected chi connectivity index (χ2v) is 5.16. The zero-order valence-corrected chi connectivity index (χ0v) is 9.69. The Labute approximate surface area is 94.5 Å². The first-order chi connectivity index (χ1) is 7.27. The summed E-state index contributed by atoms with van der Waals surface area (Å²) in [6.07, 6.45) is 1.16. The lowest BCUT2D eigenvalue weighted by Crippen LogP contribution is -2.30. The van der Waals surface area contributed by atoms with Crippen LogP contribution in [0, 0.1) is 5.82 Å². The Morgan fingerprint density at radius 3 is 3.00 bits per heavy atom. The van der Waals surface area contributed by atoms with E-state index >= 15 is 0 Å². The average molecular weight is 225 g/mol. The maximum Gasteiger partial charge on any atom is 0.128 e. The second-order valence-electron chi connectivity index (χ2n) is 4.01. The molecule has 1 aliphatic heterocycles. The van der Waals surface area contributed by atoms with E-state index in [4.69, 9.17) is 0 Å². The van der Waals surface area contributed by atoms with Gasteiger partial charge in [-0.15, -0.1) is 0 Å². The summed E-state index contributed by atoms with van der Waals surface area (Å²) in [4.78, 5) is 0. The van der Waals surface area contributed by atoms with Gasteiger partial charge in [0.2, 0.25) is 0 Å². The van der Waals surface area contributed by atoms with Crippen molar-refractivity contribution in [1.29, 1.82) is 0 Å². The first kappa shape index (κ1) is 11.0. The topological polar surface area (TPSA) is 12.0 Å². The molecule has 2 rings (SSSR count). The van der Waals surface area contributed by atoms with E-state index in [2.05, 4.69) is 12.2 Å². The van der Waals surface area contributed by atoms with Gasteiger partial charge in [-0.2, -0.15) is 11.8 Å². The van der Waals surface area contributed by atoms with Gasteiger partial charge in [-0.05, 0) is 25.2 Å². The van der Waals surface area contributed by atoms with Gasteiger partial charge in [-0.3, -0.25) is 0 Å². The van der Waals surface area contributed by atoms with Gasteiger partial charge in [-0.1, -0.05) is 18.2 Å². The van der Waals surface area contributed by atoms with Crippen molar-refractivity contribution in [3.8, 4) is 0 Å². The molecule has 3 heteroatoms. The molecule has 2 unspecified atom stereocenters. The summed E-state index contributed by atoms with van der Waals surface area (Å²) < 4.78 is 13.6. The number of hydrogen-bond donors (Lipinski definition) is 1. The number of hydrogen-bond acceptors (Lipinski definition) is 2. The van der Waals surface area contributed by atoms with Gasteiger partial charge < -0.3 is 5.32 Å². The molecule has 1 aliphatic rings. The van der Waals surface area contributed by atoms with E-state index in [0.29, 0.717) is 6.04 Å². The van der Waals surface area contributed by atoms with Crippen molar-refractivity contribution in [3.63, 3.8) is 0 Å². The van der Waals surface area contributed by atoms with Gasteiger partial charge in [0.25, 0.3) is 0 Å². The van der Waals surface area contributed by atoms with Crippen LogP contribution >= 0.6 is 11.8 Å². The fourth-order valence-electron chi connectivity index (χ4n) is 1.87. The summed E-state index contributed by atoms with van der Waals surface area (Å²) >= 11 is 1.90. The molecule has 1 nitrogen and oxygen atoms in total. The van der Waals surface area contributed by atoms with Gasteiger partial charge in [0, 0.05) is 23.4 Å². The number of rotatable bonds is 1. The largest absolute Gasteiger partial charge is 0.307 e. The molecular formula is C12H16FNS. The minimum atomic E-state index is -0.0929. The Morgan fingerprint density at radius 1 is 1.40 bits per heavy atom. The van der Waals surface area contributed by atoms with Crippen molar-refractivity contribution < 1.29 is 4.39 Å². The van der Waals surface area contributed by atoms with Gasteiger partial charge in [-0.25, -0.2) is 4.39 Å². The first-order valence-corrected chi connectivity index (χ1v) is 6.51. The van der Waals surface area contributed by atoms with Crippen molar-refractivity contribution in [1.82, 2.24) is 5.32 Å². The third kappa shape index (κ3) is 2.73. The molecule has 1 aromatic rings. The summed E-state index contributed by atoms with van der Waals surface area (Å²) in [5, 5.41) is 3.48. The molecular weight excluding hydrogens is 209 g/mol. The van der Waals surface area contributed by atoms with E-state index in [1.165, 1.54) is 11.8 Å². The van der Waals surface area contributed by atoms with Gasteiger partial charge >= 0.3 is 0 Å². The highest BCUT2D eigenvalue weighted by atomic mass is 32.2. The molecule has 0 saturated carbocycles. The Kier molecular flexibility index (Phi) is 3.65. The summed E-state index contributed by atoms with van der Waals surface area (Å²) in [5.41, 5.74) is 0.804. The zero-order valence-electron chi connectivity index (χ0n) is 8.87.